The zero-order chi connectivity index (χ0) is 10.7. The van der Waals surface area contributed by atoms with Gasteiger partial charge in [0.15, 0.2) is 0 Å². The van der Waals surface area contributed by atoms with Gasteiger partial charge in [-0.05, 0) is 30.8 Å². The second-order valence-electron chi connectivity index (χ2n) is 3.14. The Kier molecular flexibility index (Phi) is 3.13. The molecule has 0 aliphatic carbocycles. The predicted octanol–water partition coefficient (Wildman–Crippen LogP) is 1.75. The monoisotopic (exact) mass is 266 g/mol. The molecule has 0 fully saturated rings. The molecule has 0 radical (unpaired) electrons. The van der Waals surface area contributed by atoms with Crippen LogP contribution in [0.25, 0.3) is 5.69 Å². The molecule has 2 aromatic rings. The Morgan fingerprint density at radius 1 is 1.47 bits per heavy atom. The zero-order valence-corrected chi connectivity index (χ0v) is 9.90. The van der Waals surface area contributed by atoms with Crippen LogP contribution in [0.2, 0.25) is 0 Å². The van der Waals surface area contributed by atoms with Crippen molar-refractivity contribution in [3.63, 3.8) is 0 Å². The van der Waals surface area contributed by atoms with Gasteiger partial charge in [-0.25, -0.2) is 9.67 Å². The van der Waals surface area contributed by atoms with E-state index in [4.69, 9.17) is 0 Å². The summed E-state index contributed by atoms with van der Waals surface area (Å²) in [5.74, 6) is 0. The molecule has 78 valence electrons. The van der Waals surface area contributed by atoms with Gasteiger partial charge in [-0.3, -0.25) is 0 Å². The highest BCUT2D eigenvalue weighted by molar-refractivity contribution is 9.10. The Morgan fingerprint density at radius 2 is 2.33 bits per heavy atom. The third-order valence-electron chi connectivity index (χ3n) is 2.07. The second kappa shape index (κ2) is 4.55. The third-order valence-corrected chi connectivity index (χ3v) is 2.57. The van der Waals surface area contributed by atoms with Gasteiger partial charge in [-0.15, -0.1) is 0 Å². The van der Waals surface area contributed by atoms with Crippen LogP contribution >= 0.6 is 15.9 Å². The Hall–Kier alpha value is -1.20. The van der Waals surface area contributed by atoms with Gasteiger partial charge < -0.3 is 5.32 Å². The number of benzene rings is 1. The number of hydrogen-bond acceptors (Lipinski definition) is 3. The molecule has 0 saturated heterocycles. The summed E-state index contributed by atoms with van der Waals surface area (Å²) in [7, 11) is 1.92. The van der Waals surface area contributed by atoms with Gasteiger partial charge in [0.2, 0.25) is 0 Å². The summed E-state index contributed by atoms with van der Waals surface area (Å²) >= 11 is 3.46. The van der Waals surface area contributed by atoms with Crippen LogP contribution in [-0.4, -0.2) is 21.8 Å². The van der Waals surface area contributed by atoms with Crippen LogP contribution in [0.5, 0.6) is 0 Å². The first-order chi connectivity index (χ1) is 7.31. The van der Waals surface area contributed by atoms with Crippen LogP contribution in [0.4, 0.5) is 0 Å². The van der Waals surface area contributed by atoms with E-state index in [0.717, 1.165) is 16.7 Å². The smallest absolute Gasteiger partial charge is 0.138 e. The SMILES string of the molecule is CNCc1cc(Br)ccc1-n1cncn1. The van der Waals surface area contributed by atoms with Crippen LogP contribution < -0.4 is 5.32 Å². The van der Waals surface area contributed by atoms with Crippen LogP contribution in [0, 0.1) is 0 Å². The molecule has 0 aliphatic rings. The van der Waals surface area contributed by atoms with Crippen molar-refractivity contribution in [3.8, 4) is 5.69 Å². The van der Waals surface area contributed by atoms with Crippen molar-refractivity contribution < 1.29 is 0 Å². The van der Waals surface area contributed by atoms with E-state index in [-0.39, 0.29) is 0 Å². The van der Waals surface area contributed by atoms with E-state index in [0.29, 0.717) is 0 Å². The van der Waals surface area contributed by atoms with Crippen molar-refractivity contribution in [3.05, 3.63) is 40.9 Å². The fourth-order valence-corrected chi connectivity index (χ4v) is 1.85. The second-order valence-corrected chi connectivity index (χ2v) is 4.06. The topological polar surface area (TPSA) is 42.7 Å². The normalized spacial score (nSPS) is 10.5. The van der Waals surface area contributed by atoms with Gasteiger partial charge in [0.1, 0.15) is 12.7 Å². The molecule has 1 N–H and O–H groups in total. The lowest BCUT2D eigenvalue weighted by atomic mass is 10.2. The first kappa shape index (κ1) is 10.3. The number of halogens is 1. The standard InChI is InChI=1S/C10H11BrN4/c1-12-5-8-4-9(11)2-3-10(8)15-7-13-6-14-15/h2-4,6-7,12H,5H2,1H3. The van der Waals surface area contributed by atoms with Crippen molar-refractivity contribution in [1.29, 1.82) is 0 Å². The van der Waals surface area contributed by atoms with Gasteiger partial charge in [-0.2, -0.15) is 5.10 Å². The van der Waals surface area contributed by atoms with Gasteiger partial charge in [0.05, 0.1) is 5.69 Å². The lowest BCUT2D eigenvalue weighted by Crippen LogP contribution is -2.09. The molecular weight excluding hydrogens is 256 g/mol. The average molecular weight is 267 g/mol. The minimum atomic E-state index is 0.800. The predicted molar refractivity (Wildman–Crippen MR) is 61.8 cm³/mol. The Labute approximate surface area is 96.5 Å². The summed E-state index contributed by atoms with van der Waals surface area (Å²) in [6, 6.07) is 6.09. The van der Waals surface area contributed by atoms with Crippen LogP contribution in [-0.2, 0) is 6.54 Å². The highest BCUT2D eigenvalue weighted by Gasteiger charge is 2.04. The number of rotatable bonds is 3. The summed E-state index contributed by atoms with van der Waals surface area (Å²) < 4.78 is 2.83. The maximum absolute atomic E-state index is 4.12. The summed E-state index contributed by atoms with van der Waals surface area (Å²) in [6.07, 6.45) is 3.23. The van der Waals surface area contributed by atoms with Crippen LogP contribution in [0.3, 0.4) is 0 Å². The van der Waals surface area contributed by atoms with Crippen molar-refractivity contribution in [2.45, 2.75) is 6.54 Å². The summed E-state index contributed by atoms with van der Waals surface area (Å²) in [4.78, 5) is 3.94. The average Bonchev–Trinajstić information content (AvgIpc) is 2.71. The van der Waals surface area contributed by atoms with Crippen molar-refractivity contribution in [1.82, 2.24) is 20.1 Å². The molecule has 5 heteroatoms. The quantitative estimate of drug-likeness (QED) is 0.921. The lowest BCUT2D eigenvalue weighted by Gasteiger charge is -2.08. The first-order valence-electron chi connectivity index (χ1n) is 4.59. The van der Waals surface area contributed by atoms with Gasteiger partial charge in [-0.1, -0.05) is 15.9 Å². The Balaban J connectivity index is 2.46. The molecule has 15 heavy (non-hydrogen) atoms. The largest absolute Gasteiger partial charge is 0.316 e. The molecule has 0 aliphatic heterocycles. The van der Waals surface area contributed by atoms with E-state index >= 15 is 0 Å². The Bertz CT molecular complexity index is 439. The fraction of sp³-hybridized carbons (Fsp3) is 0.200. The van der Waals surface area contributed by atoms with Gasteiger partial charge >= 0.3 is 0 Å². The van der Waals surface area contributed by atoms with Gasteiger partial charge in [0, 0.05) is 11.0 Å². The maximum atomic E-state index is 4.12. The van der Waals surface area contributed by atoms with E-state index in [9.17, 15) is 0 Å². The van der Waals surface area contributed by atoms with E-state index in [2.05, 4.69) is 37.4 Å². The highest BCUT2D eigenvalue weighted by Crippen LogP contribution is 2.19. The number of nitrogens with one attached hydrogen (secondary N) is 1. The molecule has 2 rings (SSSR count). The number of nitrogens with zero attached hydrogens (tertiary/aromatic N) is 3. The fourth-order valence-electron chi connectivity index (χ4n) is 1.44. The first-order valence-corrected chi connectivity index (χ1v) is 5.38. The van der Waals surface area contributed by atoms with E-state index in [1.165, 1.54) is 11.9 Å². The highest BCUT2D eigenvalue weighted by atomic mass is 79.9. The number of aromatic nitrogens is 3. The third kappa shape index (κ3) is 2.24. The van der Waals surface area contributed by atoms with Crippen LogP contribution in [0.1, 0.15) is 5.56 Å². The minimum Gasteiger partial charge on any atom is -0.316 e. The number of hydrogen-bond donors (Lipinski definition) is 1. The summed E-state index contributed by atoms with van der Waals surface area (Å²) in [5.41, 5.74) is 2.22. The summed E-state index contributed by atoms with van der Waals surface area (Å²) in [6.45, 7) is 0.800. The summed E-state index contributed by atoms with van der Waals surface area (Å²) in [5, 5.41) is 7.25. The molecule has 1 heterocycles. The zero-order valence-electron chi connectivity index (χ0n) is 8.31. The molecular formula is C10H11BrN4. The molecule has 0 saturated carbocycles. The van der Waals surface area contributed by atoms with Crippen molar-refractivity contribution in [2.75, 3.05) is 7.05 Å². The molecule has 0 bridgehead atoms. The molecule has 0 amide bonds. The van der Waals surface area contributed by atoms with E-state index in [1.807, 2.05) is 19.2 Å². The minimum absolute atomic E-state index is 0.800. The van der Waals surface area contributed by atoms with Crippen molar-refractivity contribution >= 4 is 15.9 Å². The van der Waals surface area contributed by atoms with Crippen LogP contribution in [0.15, 0.2) is 35.3 Å². The molecule has 0 spiro atoms. The molecule has 1 aromatic heterocycles. The molecule has 4 nitrogen and oxygen atoms in total. The molecule has 0 unspecified atom stereocenters. The van der Waals surface area contributed by atoms with Crippen molar-refractivity contribution in [2.24, 2.45) is 0 Å². The maximum Gasteiger partial charge on any atom is 0.138 e. The Morgan fingerprint density at radius 3 is 3.00 bits per heavy atom. The molecule has 1 aromatic carbocycles. The molecule has 0 atom stereocenters. The lowest BCUT2D eigenvalue weighted by molar-refractivity contribution is 0.788. The van der Waals surface area contributed by atoms with E-state index in [1.54, 1.807) is 11.0 Å². The van der Waals surface area contributed by atoms with Gasteiger partial charge in [0.25, 0.3) is 0 Å². The van der Waals surface area contributed by atoms with E-state index < -0.39 is 0 Å².